The first kappa shape index (κ1) is 13.1. The fourth-order valence-electron chi connectivity index (χ4n) is 3.45. The van der Waals surface area contributed by atoms with Gasteiger partial charge in [0.2, 0.25) is 5.91 Å². The minimum absolute atomic E-state index is 0.168. The zero-order chi connectivity index (χ0) is 14.2. The summed E-state index contributed by atoms with van der Waals surface area (Å²) in [6, 6.07) is 6.44. The van der Waals surface area contributed by atoms with Gasteiger partial charge in [-0.1, -0.05) is 36.6 Å². The van der Waals surface area contributed by atoms with Crippen LogP contribution < -0.4 is 0 Å². The maximum Gasteiger partial charge on any atom is 0.242 e. The van der Waals surface area contributed by atoms with Crippen LogP contribution >= 0.6 is 0 Å². The Bertz CT molecular complexity index is 622. The summed E-state index contributed by atoms with van der Waals surface area (Å²) >= 11 is 0. The van der Waals surface area contributed by atoms with Crippen LogP contribution in [0.2, 0.25) is 0 Å². The molecule has 1 aromatic carbocycles. The highest BCUT2D eigenvalue weighted by Crippen LogP contribution is 2.43. The molecule has 0 radical (unpaired) electrons. The van der Waals surface area contributed by atoms with Crippen LogP contribution in [0.25, 0.3) is 0 Å². The second-order valence-corrected chi connectivity index (χ2v) is 5.88. The van der Waals surface area contributed by atoms with E-state index in [1.54, 1.807) is 23.3 Å². The van der Waals surface area contributed by atoms with E-state index in [0.29, 0.717) is 0 Å². The van der Waals surface area contributed by atoms with Gasteiger partial charge in [-0.05, 0) is 37.8 Å². The number of rotatable bonds is 2. The number of carbonyl (C=O) groups is 1. The summed E-state index contributed by atoms with van der Waals surface area (Å²) in [4.78, 5) is 17.0. The van der Waals surface area contributed by atoms with Crippen molar-refractivity contribution < 1.29 is 4.79 Å². The molecule has 3 rings (SSSR count). The van der Waals surface area contributed by atoms with Gasteiger partial charge in [0.1, 0.15) is 6.33 Å². The first-order valence-corrected chi connectivity index (χ1v) is 7.24. The van der Waals surface area contributed by atoms with Gasteiger partial charge in [-0.25, -0.2) is 4.98 Å². The van der Waals surface area contributed by atoms with Gasteiger partial charge in [0.05, 0.1) is 5.41 Å². The molecule has 104 valence electrons. The third-order valence-corrected chi connectivity index (χ3v) is 4.51. The van der Waals surface area contributed by atoms with E-state index >= 15 is 0 Å². The first-order valence-electron chi connectivity index (χ1n) is 7.24. The second-order valence-electron chi connectivity index (χ2n) is 5.88. The Balaban J connectivity index is 2.13. The lowest BCUT2D eigenvalue weighted by atomic mass is 9.75. The number of aromatic nitrogens is 2. The largest absolute Gasteiger partial charge is 0.276 e. The van der Waals surface area contributed by atoms with Crippen molar-refractivity contribution >= 4 is 5.91 Å². The molecule has 0 aliphatic heterocycles. The predicted molar refractivity (Wildman–Crippen MR) is 78.9 cm³/mol. The number of benzene rings is 1. The maximum absolute atomic E-state index is 13.0. The molecule has 20 heavy (non-hydrogen) atoms. The minimum Gasteiger partial charge on any atom is -0.276 e. The molecule has 0 bridgehead atoms. The highest BCUT2D eigenvalue weighted by Gasteiger charge is 2.44. The second kappa shape index (κ2) is 4.89. The molecule has 0 N–H and O–H groups in total. The lowest BCUT2D eigenvalue weighted by Crippen LogP contribution is -2.37. The lowest BCUT2D eigenvalue weighted by molar-refractivity contribution is 0.0796. The summed E-state index contributed by atoms with van der Waals surface area (Å²) in [5.41, 5.74) is 3.27. The van der Waals surface area contributed by atoms with Crippen molar-refractivity contribution in [3.8, 4) is 0 Å². The van der Waals surface area contributed by atoms with Gasteiger partial charge in [0, 0.05) is 12.4 Å². The smallest absolute Gasteiger partial charge is 0.242 e. The number of hydrogen-bond donors (Lipinski definition) is 0. The van der Waals surface area contributed by atoms with Crippen LogP contribution in [-0.2, 0) is 5.41 Å². The van der Waals surface area contributed by atoms with E-state index in [-0.39, 0.29) is 11.3 Å². The molecule has 1 aromatic heterocycles. The molecular formula is C17H20N2O. The van der Waals surface area contributed by atoms with E-state index in [1.165, 1.54) is 16.7 Å². The number of carbonyl (C=O) groups excluding carboxylic acids is 1. The Morgan fingerprint density at radius 2 is 2.00 bits per heavy atom. The number of hydrogen-bond acceptors (Lipinski definition) is 2. The van der Waals surface area contributed by atoms with Crippen LogP contribution in [0.4, 0.5) is 0 Å². The summed E-state index contributed by atoms with van der Waals surface area (Å²) in [6.45, 7) is 4.20. The zero-order valence-corrected chi connectivity index (χ0v) is 12.1. The standard InChI is InChI=1S/C17H20N2O/c1-13-5-6-14(2)15(11-13)17(7-3-4-8-17)16(20)19-10-9-18-12-19/h5-6,9-12H,3-4,7-8H2,1-2H3. The molecule has 1 heterocycles. The van der Waals surface area contributed by atoms with Crippen LogP contribution in [0.15, 0.2) is 36.9 Å². The van der Waals surface area contributed by atoms with Crippen LogP contribution in [-0.4, -0.2) is 15.5 Å². The third-order valence-electron chi connectivity index (χ3n) is 4.51. The molecule has 1 saturated carbocycles. The van der Waals surface area contributed by atoms with E-state index in [4.69, 9.17) is 0 Å². The average molecular weight is 268 g/mol. The molecule has 1 fully saturated rings. The topological polar surface area (TPSA) is 34.9 Å². The van der Waals surface area contributed by atoms with Crippen molar-refractivity contribution in [3.63, 3.8) is 0 Å². The summed E-state index contributed by atoms with van der Waals surface area (Å²) in [5.74, 6) is 0.168. The fourth-order valence-corrected chi connectivity index (χ4v) is 3.45. The van der Waals surface area contributed by atoms with Crippen molar-refractivity contribution in [3.05, 3.63) is 53.6 Å². The summed E-state index contributed by atoms with van der Waals surface area (Å²) < 4.78 is 1.65. The Labute approximate surface area is 119 Å². The summed E-state index contributed by atoms with van der Waals surface area (Å²) in [6.07, 6.45) is 9.16. The number of imidazole rings is 1. The van der Waals surface area contributed by atoms with Crippen molar-refractivity contribution in [1.29, 1.82) is 0 Å². The number of nitrogens with zero attached hydrogens (tertiary/aromatic N) is 2. The Morgan fingerprint density at radius 3 is 2.65 bits per heavy atom. The molecule has 2 aromatic rings. The number of aryl methyl sites for hydroxylation is 2. The monoisotopic (exact) mass is 268 g/mol. The molecule has 0 amide bonds. The highest BCUT2D eigenvalue weighted by atomic mass is 16.2. The Kier molecular flexibility index (Phi) is 3.20. The fraction of sp³-hybridized carbons (Fsp3) is 0.412. The third kappa shape index (κ3) is 1.98. The normalized spacial score (nSPS) is 17.3. The average Bonchev–Trinajstić information content (AvgIpc) is 3.12. The minimum atomic E-state index is -0.364. The van der Waals surface area contributed by atoms with Crippen LogP contribution in [0.5, 0.6) is 0 Å². The van der Waals surface area contributed by atoms with Crippen LogP contribution in [0.3, 0.4) is 0 Å². The van der Waals surface area contributed by atoms with Crippen LogP contribution in [0.1, 0.15) is 47.2 Å². The van der Waals surface area contributed by atoms with Crippen molar-refractivity contribution in [1.82, 2.24) is 9.55 Å². The summed E-state index contributed by atoms with van der Waals surface area (Å²) in [5, 5.41) is 0. The molecular weight excluding hydrogens is 248 g/mol. The molecule has 1 aliphatic carbocycles. The van der Waals surface area contributed by atoms with Gasteiger partial charge in [-0.2, -0.15) is 0 Å². The molecule has 0 unspecified atom stereocenters. The van der Waals surface area contributed by atoms with Gasteiger partial charge >= 0.3 is 0 Å². The zero-order valence-electron chi connectivity index (χ0n) is 12.1. The maximum atomic E-state index is 13.0. The van der Waals surface area contributed by atoms with E-state index in [2.05, 4.69) is 37.0 Å². The molecule has 1 aliphatic rings. The lowest BCUT2D eigenvalue weighted by Gasteiger charge is -2.30. The summed E-state index contributed by atoms with van der Waals surface area (Å²) in [7, 11) is 0. The van der Waals surface area contributed by atoms with Gasteiger partial charge in [0.25, 0.3) is 0 Å². The van der Waals surface area contributed by atoms with E-state index in [9.17, 15) is 4.79 Å². The van der Waals surface area contributed by atoms with Crippen molar-refractivity contribution in [2.45, 2.75) is 44.9 Å². The van der Waals surface area contributed by atoms with E-state index in [1.807, 2.05) is 0 Å². The highest BCUT2D eigenvalue weighted by molar-refractivity contribution is 5.91. The van der Waals surface area contributed by atoms with E-state index in [0.717, 1.165) is 25.7 Å². The van der Waals surface area contributed by atoms with Crippen molar-refractivity contribution in [2.75, 3.05) is 0 Å². The van der Waals surface area contributed by atoms with Crippen molar-refractivity contribution in [2.24, 2.45) is 0 Å². The molecule has 0 spiro atoms. The van der Waals surface area contributed by atoms with Gasteiger partial charge < -0.3 is 0 Å². The van der Waals surface area contributed by atoms with Gasteiger partial charge in [-0.15, -0.1) is 0 Å². The molecule has 0 atom stereocenters. The van der Waals surface area contributed by atoms with Gasteiger partial charge in [0.15, 0.2) is 0 Å². The van der Waals surface area contributed by atoms with E-state index < -0.39 is 0 Å². The Hall–Kier alpha value is -1.90. The molecule has 3 nitrogen and oxygen atoms in total. The quantitative estimate of drug-likeness (QED) is 0.833. The van der Waals surface area contributed by atoms with Gasteiger partial charge in [-0.3, -0.25) is 9.36 Å². The SMILES string of the molecule is Cc1ccc(C)c(C2(C(=O)n3ccnc3)CCCC2)c1. The molecule has 3 heteroatoms. The first-order chi connectivity index (χ1) is 9.63. The van der Waals surface area contributed by atoms with Crippen LogP contribution in [0, 0.1) is 13.8 Å². The predicted octanol–water partition coefficient (Wildman–Crippen LogP) is 3.65. The Morgan fingerprint density at radius 1 is 1.25 bits per heavy atom. The molecule has 0 saturated heterocycles.